The Morgan fingerprint density at radius 3 is 1.57 bits per heavy atom. The summed E-state index contributed by atoms with van der Waals surface area (Å²) < 4.78 is 4.69. The molecule has 1 saturated carbocycles. The standard InChI is InChI=1S/C15H15O.3C6H5.Sn/c16-11-15(9-12-4-2-1-3-5-12)10-13-6-7-14(15)8-13;3*1-2-4-6-5-3-1;/h1-7,10-11,13-14H,8-9H2;3*1-5H;. The molecular formula is C33H30OSn. The molecule has 6 rings (SSSR count). The Morgan fingerprint density at radius 1 is 0.657 bits per heavy atom. The molecule has 4 aromatic rings. The molecule has 1 nitrogen and oxygen atoms in total. The predicted molar refractivity (Wildman–Crippen MR) is 147 cm³/mol. The van der Waals surface area contributed by atoms with E-state index in [4.69, 9.17) is 0 Å². The van der Waals surface area contributed by atoms with Gasteiger partial charge in [-0.15, -0.1) is 0 Å². The number of carbonyl (C=O) groups is 1. The van der Waals surface area contributed by atoms with Crippen LogP contribution >= 0.6 is 0 Å². The molecule has 0 amide bonds. The first-order valence-corrected chi connectivity index (χ1v) is 18.6. The van der Waals surface area contributed by atoms with Crippen molar-refractivity contribution >= 4 is 35.4 Å². The Bertz CT molecular complexity index is 1220. The van der Waals surface area contributed by atoms with Crippen LogP contribution in [0.4, 0.5) is 0 Å². The van der Waals surface area contributed by atoms with Crippen molar-refractivity contribution in [3.05, 3.63) is 139 Å². The van der Waals surface area contributed by atoms with E-state index in [0.717, 1.165) is 12.8 Å². The van der Waals surface area contributed by atoms with E-state index < -0.39 is 23.8 Å². The van der Waals surface area contributed by atoms with E-state index in [1.54, 1.807) is 0 Å². The Morgan fingerprint density at radius 2 is 1.11 bits per heavy atom. The van der Waals surface area contributed by atoms with E-state index in [1.165, 1.54) is 22.6 Å². The SMILES string of the molecule is O=CC1(Cc2ccccc2)C2C=CC(C2)[CH]1[Sn]([c]1ccccc1)([c]1ccccc1)[c]1ccccc1. The van der Waals surface area contributed by atoms with Crippen molar-refractivity contribution in [3.63, 3.8) is 0 Å². The van der Waals surface area contributed by atoms with Crippen LogP contribution in [0.3, 0.4) is 0 Å². The molecule has 0 spiro atoms. The third kappa shape index (κ3) is 3.55. The van der Waals surface area contributed by atoms with Crippen LogP contribution in [0, 0.1) is 17.3 Å². The molecule has 0 N–H and O–H groups in total. The van der Waals surface area contributed by atoms with Crippen molar-refractivity contribution in [1.29, 1.82) is 0 Å². The summed E-state index contributed by atoms with van der Waals surface area (Å²) in [6.07, 6.45) is 8.07. The molecule has 0 radical (unpaired) electrons. The molecule has 2 aliphatic carbocycles. The van der Waals surface area contributed by atoms with Crippen molar-refractivity contribution in [3.8, 4) is 0 Å². The predicted octanol–water partition coefficient (Wildman–Crippen LogP) is 5.16. The number of benzene rings is 4. The fourth-order valence-corrected chi connectivity index (χ4v) is 25.3. The van der Waals surface area contributed by atoms with Gasteiger partial charge in [0.2, 0.25) is 0 Å². The van der Waals surface area contributed by atoms with Gasteiger partial charge in [-0.05, 0) is 0 Å². The summed E-state index contributed by atoms with van der Waals surface area (Å²) >= 11 is -3.75. The third-order valence-electron chi connectivity index (χ3n) is 8.54. The average molecular weight is 561 g/mol. The van der Waals surface area contributed by atoms with Crippen molar-refractivity contribution < 1.29 is 4.79 Å². The van der Waals surface area contributed by atoms with E-state index in [0.29, 0.717) is 15.8 Å². The first-order valence-electron chi connectivity index (χ1n) is 12.6. The number of rotatable bonds is 7. The average Bonchev–Trinajstić information content (AvgIpc) is 3.53. The van der Waals surface area contributed by atoms with Gasteiger partial charge < -0.3 is 0 Å². The monoisotopic (exact) mass is 562 g/mol. The van der Waals surface area contributed by atoms with Crippen LogP contribution in [0.1, 0.15) is 12.0 Å². The molecule has 1 fully saturated rings. The fraction of sp³-hybridized carbons (Fsp3) is 0.182. The number of hydrogen-bond acceptors (Lipinski definition) is 1. The van der Waals surface area contributed by atoms with Crippen LogP contribution in [-0.2, 0) is 11.2 Å². The first-order chi connectivity index (χ1) is 17.3. The molecule has 2 aliphatic rings. The molecule has 4 atom stereocenters. The van der Waals surface area contributed by atoms with E-state index >= 15 is 0 Å². The molecule has 35 heavy (non-hydrogen) atoms. The Hall–Kier alpha value is -2.91. The van der Waals surface area contributed by atoms with Gasteiger partial charge in [0.25, 0.3) is 0 Å². The van der Waals surface area contributed by atoms with Gasteiger partial charge in [-0.3, -0.25) is 0 Å². The Balaban J connectivity index is 1.68. The van der Waals surface area contributed by atoms with Crippen LogP contribution in [0.5, 0.6) is 0 Å². The molecule has 0 aromatic heterocycles. The fourth-order valence-electron chi connectivity index (χ4n) is 7.26. The van der Waals surface area contributed by atoms with E-state index in [2.05, 4.69) is 133 Å². The zero-order valence-electron chi connectivity index (χ0n) is 19.8. The maximum absolute atomic E-state index is 13.5. The summed E-state index contributed by atoms with van der Waals surface area (Å²) in [5, 5.41) is 0. The van der Waals surface area contributed by atoms with Gasteiger partial charge in [0.05, 0.1) is 0 Å². The molecule has 0 saturated heterocycles. The number of hydrogen-bond donors (Lipinski definition) is 0. The van der Waals surface area contributed by atoms with Gasteiger partial charge in [0.1, 0.15) is 0 Å². The molecule has 0 aliphatic heterocycles. The summed E-state index contributed by atoms with van der Waals surface area (Å²) in [5.74, 6) is 0.716. The second kappa shape index (κ2) is 9.27. The van der Waals surface area contributed by atoms with Crippen molar-refractivity contribution in [2.75, 3.05) is 0 Å². The molecule has 4 unspecified atom stereocenters. The summed E-state index contributed by atoms with van der Waals surface area (Å²) in [4.78, 5) is 13.5. The Kier molecular flexibility index (Phi) is 5.97. The van der Waals surface area contributed by atoms with E-state index in [-0.39, 0.29) is 0 Å². The minimum absolute atomic E-state index is 0.294. The normalized spacial score (nSPS) is 25.0. The summed E-state index contributed by atoms with van der Waals surface area (Å²) in [6.45, 7) is 0. The Labute approximate surface area is 212 Å². The second-order valence-corrected chi connectivity index (χ2v) is 21.5. The molecule has 2 heteroatoms. The third-order valence-corrected chi connectivity index (χ3v) is 24.6. The zero-order chi connectivity index (χ0) is 23.7. The van der Waals surface area contributed by atoms with E-state index in [9.17, 15) is 4.79 Å². The van der Waals surface area contributed by atoms with Gasteiger partial charge in [0.15, 0.2) is 0 Å². The van der Waals surface area contributed by atoms with Gasteiger partial charge in [0, 0.05) is 0 Å². The van der Waals surface area contributed by atoms with Gasteiger partial charge >= 0.3 is 213 Å². The molecule has 2 bridgehead atoms. The number of carbonyl (C=O) groups excluding carboxylic acids is 1. The minimum atomic E-state index is -3.75. The summed E-state index contributed by atoms with van der Waals surface area (Å²) in [6, 6.07) is 44.3. The van der Waals surface area contributed by atoms with Crippen LogP contribution in [0.15, 0.2) is 133 Å². The molecule has 4 aromatic carbocycles. The zero-order valence-corrected chi connectivity index (χ0v) is 22.7. The van der Waals surface area contributed by atoms with Crippen molar-refractivity contribution in [2.45, 2.75) is 16.8 Å². The van der Waals surface area contributed by atoms with Crippen molar-refractivity contribution in [1.82, 2.24) is 0 Å². The number of aldehydes is 1. The van der Waals surface area contributed by atoms with Crippen LogP contribution in [0.25, 0.3) is 0 Å². The van der Waals surface area contributed by atoms with E-state index in [1.807, 2.05) is 0 Å². The molecule has 172 valence electrons. The van der Waals surface area contributed by atoms with Crippen molar-refractivity contribution in [2.24, 2.45) is 17.3 Å². The molecule has 0 heterocycles. The van der Waals surface area contributed by atoms with Gasteiger partial charge in [-0.1, -0.05) is 0 Å². The van der Waals surface area contributed by atoms with Gasteiger partial charge in [-0.25, -0.2) is 0 Å². The van der Waals surface area contributed by atoms with Crippen LogP contribution in [-0.4, -0.2) is 24.7 Å². The summed E-state index contributed by atoms with van der Waals surface area (Å²) in [5.41, 5.74) is 0.859. The number of fused-ring (bicyclic) bond motifs is 2. The van der Waals surface area contributed by atoms with Gasteiger partial charge in [-0.2, -0.15) is 0 Å². The van der Waals surface area contributed by atoms with Crippen LogP contribution < -0.4 is 10.7 Å². The van der Waals surface area contributed by atoms with Crippen LogP contribution in [0.2, 0.25) is 3.93 Å². The quantitative estimate of drug-likeness (QED) is 0.173. The molecular weight excluding hydrogens is 531 g/mol. The maximum atomic E-state index is 13.5. The topological polar surface area (TPSA) is 17.1 Å². The summed E-state index contributed by atoms with van der Waals surface area (Å²) in [7, 11) is 0. The number of allylic oxidation sites excluding steroid dienone is 2. The first kappa shape index (κ1) is 22.5. The second-order valence-electron chi connectivity index (χ2n) is 10.2.